The zero-order chi connectivity index (χ0) is 10.7. The molecule has 0 aliphatic rings. The van der Waals surface area contributed by atoms with Crippen LogP contribution < -0.4 is 11.5 Å². The molecule has 80 valence electrons. The fourth-order valence-electron chi connectivity index (χ4n) is 1.45. The lowest BCUT2D eigenvalue weighted by Gasteiger charge is -2.04. The van der Waals surface area contributed by atoms with Gasteiger partial charge in [-0.15, -0.1) is 0 Å². The lowest BCUT2D eigenvalue weighted by molar-refractivity contribution is 0.533. The van der Waals surface area contributed by atoms with E-state index in [1.165, 1.54) is 0 Å². The molecule has 0 amide bonds. The van der Waals surface area contributed by atoms with Gasteiger partial charge in [-0.05, 0) is 6.42 Å². The molecule has 0 aliphatic heterocycles. The van der Waals surface area contributed by atoms with Crippen molar-refractivity contribution >= 4 is 11.6 Å². The zero-order valence-corrected chi connectivity index (χ0v) is 8.37. The SMILES string of the molecule is Nc1cc(N)n(CCCn2ccnc2)n1. The summed E-state index contributed by atoms with van der Waals surface area (Å²) in [5, 5.41) is 4.07. The third kappa shape index (κ3) is 2.28. The molecule has 0 fully saturated rings. The number of nitrogens with two attached hydrogens (primary N) is 2. The number of nitrogens with zero attached hydrogens (tertiary/aromatic N) is 4. The molecule has 0 unspecified atom stereocenters. The van der Waals surface area contributed by atoms with Gasteiger partial charge in [0.1, 0.15) is 11.6 Å². The summed E-state index contributed by atoms with van der Waals surface area (Å²) in [7, 11) is 0. The first-order chi connectivity index (χ1) is 7.25. The number of anilines is 2. The summed E-state index contributed by atoms with van der Waals surface area (Å²) in [6.07, 6.45) is 6.43. The van der Waals surface area contributed by atoms with Crippen LogP contribution in [0.5, 0.6) is 0 Å². The van der Waals surface area contributed by atoms with E-state index in [4.69, 9.17) is 11.5 Å². The summed E-state index contributed by atoms with van der Waals surface area (Å²) < 4.78 is 3.73. The van der Waals surface area contributed by atoms with E-state index in [9.17, 15) is 0 Å². The molecule has 0 atom stereocenters. The van der Waals surface area contributed by atoms with Gasteiger partial charge in [0.05, 0.1) is 6.33 Å². The molecule has 0 aliphatic carbocycles. The lowest BCUT2D eigenvalue weighted by atomic mass is 10.4. The van der Waals surface area contributed by atoms with E-state index < -0.39 is 0 Å². The van der Waals surface area contributed by atoms with E-state index in [-0.39, 0.29) is 0 Å². The van der Waals surface area contributed by atoms with Crippen LogP contribution >= 0.6 is 0 Å². The number of hydrogen-bond donors (Lipinski definition) is 2. The summed E-state index contributed by atoms with van der Waals surface area (Å²) in [6, 6.07) is 1.66. The van der Waals surface area contributed by atoms with Gasteiger partial charge >= 0.3 is 0 Å². The monoisotopic (exact) mass is 206 g/mol. The standard InChI is InChI=1S/C9H14N6/c10-8-6-9(11)15(13-8)4-1-3-14-5-2-12-7-14/h2,5-7H,1,3-4,11H2,(H2,10,13). The zero-order valence-electron chi connectivity index (χ0n) is 8.37. The van der Waals surface area contributed by atoms with E-state index >= 15 is 0 Å². The molecule has 2 heterocycles. The van der Waals surface area contributed by atoms with Crippen LogP contribution in [0.4, 0.5) is 11.6 Å². The van der Waals surface area contributed by atoms with Gasteiger partial charge in [-0.1, -0.05) is 0 Å². The van der Waals surface area contributed by atoms with Gasteiger partial charge in [-0.2, -0.15) is 5.10 Å². The van der Waals surface area contributed by atoms with Crippen molar-refractivity contribution in [3.05, 3.63) is 24.8 Å². The van der Waals surface area contributed by atoms with Crippen molar-refractivity contribution in [3.8, 4) is 0 Å². The molecular formula is C9H14N6. The number of nitrogen functional groups attached to an aromatic ring is 2. The van der Waals surface area contributed by atoms with Gasteiger partial charge in [0, 0.05) is 31.5 Å². The second-order valence-corrected chi connectivity index (χ2v) is 3.37. The van der Waals surface area contributed by atoms with Crippen molar-refractivity contribution in [1.82, 2.24) is 19.3 Å². The molecule has 2 rings (SSSR count). The Kier molecular flexibility index (Phi) is 2.57. The summed E-state index contributed by atoms with van der Waals surface area (Å²) in [5.74, 6) is 1.08. The second-order valence-electron chi connectivity index (χ2n) is 3.37. The molecule has 0 radical (unpaired) electrons. The summed E-state index contributed by atoms with van der Waals surface area (Å²) in [4.78, 5) is 3.97. The molecule has 0 bridgehead atoms. The van der Waals surface area contributed by atoms with Crippen LogP contribution in [-0.2, 0) is 13.1 Å². The fourth-order valence-corrected chi connectivity index (χ4v) is 1.45. The minimum Gasteiger partial charge on any atom is -0.384 e. The van der Waals surface area contributed by atoms with Crippen LogP contribution in [-0.4, -0.2) is 19.3 Å². The van der Waals surface area contributed by atoms with Crippen LogP contribution in [0, 0.1) is 0 Å². The Balaban J connectivity index is 1.86. The quantitative estimate of drug-likeness (QED) is 0.754. The predicted molar refractivity (Wildman–Crippen MR) is 57.9 cm³/mol. The number of rotatable bonds is 4. The number of imidazole rings is 1. The Labute approximate surface area is 87.5 Å². The number of aryl methyl sites for hydroxylation is 2. The Bertz CT molecular complexity index is 416. The summed E-state index contributed by atoms with van der Waals surface area (Å²) >= 11 is 0. The van der Waals surface area contributed by atoms with E-state index in [1.807, 2.05) is 10.8 Å². The van der Waals surface area contributed by atoms with Gasteiger partial charge < -0.3 is 16.0 Å². The highest BCUT2D eigenvalue weighted by Gasteiger charge is 2.01. The largest absolute Gasteiger partial charge is 0.384 e. The predicted octanol–water partition coefficient (Wildman–Crippen LogP) is 0.334. The van der Waals surface area contributed by atoms with Crippen LogP contribution in [0.1, 0.15) is 6.42 Å². The smallest absolute Gasteiger partial charge is 0.147 e. The molecule has 6 heteroatoms. The summed E-state index contributed by atoms with van der Waals surface area (Å²) in [6.45, 7) is 1.67. The van der Waals surface area contributed by atoms with Crippen LogP contribution in [0.25, 0.3) is 0 Å². The average molecular weight is 206 g/mol. The van der Waals surface area contributed by atoms with Crippen molar-refractivity contribution in [2.75, 3.05) is 11.5 Å². The first kappa shape index (κ1) is 9.57. The van der Waals surface area contributed by atoms with Crippen molar-refractivity contribution in [2.24, 2.45) is 0 Å². The number of hydrogen-bond acceptors (Lipinski definition) is 4. The van der Waals surface area contributed by atoms with Gasteiger partial charge in [0.15, 0.2) is 0 Å². The van der Waals surface area contributed by atoms with Crippen molar-refractivity contribution in [1.29, 1.82) is 0 Å². The van der Waals surface area contributed by atoms with Gasteiger partial charge in [-0.25, -0.2) is 9.67 Å². The topological polar surface area (TPSA) is 87.7 Å². The Morgan fingerprint density at radius 2 is 2.13 bits per heavy atom. The van der Waals surface area contributed by atoms with Crippen molar-refractivity contribution in [2.45, 2.75) is 19.5 Å². The van der Waals surface area contributed by atoms with Crippen molar-refractivity contribution in [3.63, 3.8) is 0 Å². The van der Waals surface area contributed by atoms with Crippen molar-refractivity contribution < 1.29 is 0 Å². The van der Waals surface area contributed by atoms with Gasteiger partial charge in [0.25, 0.3) is 0 Å². The normalized spacial score (nSPS) is 10.7. The third-order valence-electron chi connectivity index (χ3n) is 2.18. The average Bonchev–Trinajstić information content (AvgIpc) is 2.77. The molecule has 2 aromatic rings. The van der Waals surface area contributed by atoms with Crippen LogP contribution in [0.2, 0.25) is 0 Å². The highest BCUT2D eigenvalue weighted by molar-refractivity contribution is 5.41. The first-order valence-corrected chi connectivity index (χ1v) is 4.80. The van der Waals surface area contributed by atoms with Gasteiger partial charge in [0.2, 0.25) is 0 Å². The third-order valence-corrected chi connectivity index (χ3v) is 2.18. The second kappa shape index (κ2) is 4.04. The minimum atomic E-state index is 0.468. The van der Waals surface area contributed by atoms with E-state index in [2.05, 4.69) is 10.1 Å². The molecule has 0 aromatic carbocycles. The molecule has 6 nitrogen and oxygen atoms in total. The Morgan fingerprint density at radius 1 is 1.27 bits per heavy atom. The lowest BCUT2D eigenvalue weighted by Crippen LogP contribution is -2.07. The fraction of sp³-hybridized carbons (Fsp3) is 0.333. The van der Waals surface area contributed by atoms with E-state index in [0.717, 1.165) is 19.5 Å². The highest BCUT2D eigenvalue weighted by atomic mass is 15.3. The van der Waals surface area contributed by atoms with Crippen LogP contribution in [0.3, 0.4) is 0 Å². The molecule has 0 spiro atoms. The highest BCUT2D eigenvalue weighted by Crippen LogP contribution is 2.08. The molecule has 0 saturated heterocycles. The molecule has 15 heavy (non-hydrogen) atoms. The minimum absolute atomic E-state index is 0.468. The Hall–Kier alpha value is -1.98. The van der Waals surface area contributed by atoms with E-state index in [1.54, 1.807) is 23.3 Å². The summed E-state index contributed by atoms with van der Waals surface area (Å²) in [5.41, 5.74) is 11.2. The first-order valence-electron chi connectivity index (χ1n) is 4.80. The molecule has 0 saturated carbocycles. The van der Waals surface area contributed by atoms with E-state index in [0.29, 0.717) is 11.6 Å². The van der Waals surface area contributed by atoms with Gasteiger partial charge in [-0.3, -0.25) is 0 Å². The number of aromatic nitrogens is 4. The Morgan fingerprint density at radius 3 is 2.73 bits per heavy atom. The maximum Gasteiger partial charge on any atom is 0.147 e. The molecular weight excluding hydrogens is 192 g/mol. The van der Waals surface area contributed by atoms with Crippen LogP contribution in [0.15, 0.2) is 24.8 Å². The maximum atomic E-state index is 5.70. The molecule has 2 aromatic heterocycles. The molecule has 4 N–H and O–H groups in total. The maximum absolute atomic E-state index is 5.70.